The highest BCUT2D eigenvalue weighted by molar-refractivity contribution is 8.25. The fourth-order valence-electron chi connectivity index (χ4n) is 3.34. The molecule has 0 spiro atoms. The first kappa shape index (κ1) is 18.2. The van der Waals surface area contributed by atoms with Gasteiger partial charge in [0.1, 0.15) is 0 Å². The molecule has 1 aliphatic rings. The molecule has 0 amide bonds. The number of rotatable bonds is 4. The Morgan fingerprint density at radius 3 is 1.30 bits per heavy atom. The van der Waals surface area contributed by atoms with E-state index < -0.39 is 10.8 Å². The summed E-state index contributed by atoms with van der Waals surface area (Å²) in [6, 6.07) is 1.13. The van der Waals surface area contributed by atoms with E-state index in [1.807, 2.05) is 0 Å². The predicted molar refractivity (Wildman–Crippen MR) is 92.5 cm³/mol. The van der Waals surface area contributed by atoms with Gasteiger partial charge in [-0.05, 0) is 79.5 Å². The summed E-state index contributed by atoms with van der Waals surface area (Å²) in [7, 11) is 7.77. The topological polar surface area (TPSA) is 13.0 Å². The van der Waals surface area contributed by atoms with Gasteiger partial charge in [0, 0.05) is 25.2 Å². The van der Waals surface area contributed by atoms with Crippen molar-refractivity contribution in [3.05, 3.63) is 0 Å². The molecule has 1 fully saturated rings. The van der Waals surface area contributed by atoms with E-state index in [4.69, 9.17) is 0 Å². The maximum atomic E-state index is 2.74. The maximum Gasteiger partial charge on any atom is 0.0164 e. The fraction of sp³-hybridized carbons (Fsp3) is 1.00. The molecular weight excluding hydrogens is 268 g/mol. The lowest BCUT2D eigenvalue weighted by molar-refractivity contribution is 0.244. The Balaban J connectivity index is 3.36. The second-order valence-electron chi connectivity index (χ2n) is 6.64. The molecule has 0 aromatic heterocycles. The Hall–Kier alpha value is 0.190. The summed E-state index contributed by atoms with van der Waals surface area (Å²) in [5.74, 6) is 0. The third kappa shape index (κ3) is 3.33. The molecule has 0 radical (unpaired) electrons. The van der Waals surface area contributed by atoms with Crippen LogP contribution in [0.25, 0.3) is 0 Å². The summed E-state index contributed by atoms with van der Waals surface area (Å²) in [5, 5.41) is 0. The molecule has 0 atom stereocenters. The van der Waals surface area contributed by atoms with Crippen molar-refractivity contribution < 1.29 is 0 Å². The maximum absolute atomic E-state index is 2.74. The van der Waals surface area contributed by atoms with E-state index in [2.05, 4.69) is 73.1 Å². The highest BCUT2D eigenvalue weighted by atomic mass is 32.3. The molecule has 0 aromatic carbocycles. The SMILES string of the molecule is CC(C)N1CCCCCN(C(C)C)S1(N(C)C)N(C)C. The van der Waals surface area contributed by atoms with Crippen LogP contribution < -0.4 is 0 Å². The van der Waals surface area contributed by atoms with E-state index in [1.54, 1.807) is 0 Å². The van der Waals surface area contributed by atoms with E-state index in [9.17, 15) is 0 Å². The van der Waals surface area contributed by atoms with Gasteiger partial charge in [0.15, 0.2) is 0 Å². The summed E-state index contributed by atoms with van der Waals surface area (Å²) in [6.07, 6.45) is 3.99. The zero-order valence-corrected chi connectivity index (χ0v) is 15.7. The van der Waals surface area contributed by atoms with Gasteiger partial charge in [0.25, 0.3) is 0 Å². The van der Waals surface area contributed by atoms with Gasteiger partial charge in [-0.25, -0.2) is 17.2 Å². The quantitative estimate of drug-likeness (QED) is 0.791. The molecule has 1 rings (SSSR count). The van der Waals surface area contributed by atoms with Crippen LogP contribution in [0, 0.1) is 0 Å². The van der Waals surface area contributed by atoms with Gasteiger partial charge in [-0.15, -0.1) is 0 Å². The lowest BCUT2D eigenvalue weighted by Crippen LogP contribution is -2.57. The van der Waals surface area contributed by atoms with Crippen LogP contribution in [0.3, 0.4) is 0 Å². The highest BCUT2D eigenvalue weighted by Gasteiger charge is 2.44. The van der Waals surface area contributed by atoms with Crippen molar-refractivity contribution in [1.82, 2.24) is 17.2 Å². The predicted octanol–water partition coefficient (Wildman–Crippen LogP) is 3.18. The molecule has 0 N–H and O–H groups in total. The van der Waals surface area contributed by atoms with Crippen molar-refractivity contribution in [2.75, 3.05) is 41.3 Å². The Morgan fingerprint density at radius 1 is 0.700 bits per heavy atom. The van der Waals surface area contributed by atoms with E-state index in [0.717, 1.165) is 0 Å². The molecule has 1 aliphatic heterocycles. The first-order valence-corrected chi connectivity index (χ1v) is 9.44. The molecule has 0 saturated carbocycles. The van der Waals surface area contributed by atoms with Crippen LogP contribution in [0.1, 0.15) is 47.0 Å². The molecule has 0 unspecified atom stereocenters. The average Bonchev–Trinajstić information content (AvgIpc) is 2.26. The van der Waals surface area contributed by atoms with Gasteiger partial charge >= 0.3 is 0 Å². The van der Waals surface area contributed by atoms with Gasteiger partial charge in [0.2, 0.25) is 0 Å². The number of nitrogens with zero attached hydrogens (tertiary/aromatic N) is 4. The Kier molecular flexibility index (Phi) is 6.80. The normalized spacial score (nSPS) is 24.4. The van der Waals surface area contributed by atoms with Crippen LogP contribution >= 0.6 is 10.8 Å². The lowest BCUT2D eigenvalue weighted by atomic mass is 10.2. The van der Waals surface area contributed by atoms with Crippen molar-refractivity contribution in [3.8, 4) is 0 Å². The van der Waals surface area contributed by atoms with Crippen molar-refractivity contribution in [2.24, 2.45) is 0 Å². The van der Waals surface area contributed by atoms with Crippen molar-refractivity contribution in [2.45, 2.75) is 59.0 Å². The Morgan fingerprint density at radius 2 is 1.05 bits per heavy atom. The van der Waals surface area contributed by atoms with Gasteiger partial charge in [-0.3, -0.25) is 0 Å². The van der Waals surface area contributed by atoms with E-state index in [1.165, 1.54) is 32.4 Å². The van der Waals surface area contributed by atoms with Crippen LogP contribution in [0.4, 0.5) is 0 Å². The monoisotopic (exact) mass is 304 g/mol. The van der Waals surface area contributed by atoms with Crippen LogP contribution in [-0.2, 0) is 0 Å². The molecule has 122 valence electrons. The summed E-state index contributed by atoms with van der Waals surface area (Å²) in [4.78, 5) is 0. The molecule has 1 saturated heterocycles. The van der Waals surface area contributed by atoms with Crippen LogP contribution in [-0.4, -0.2) is 70.6 Å². The van der Waals surface area contributed by atoms with Gasteiger partial charge in [-0.1, -0.05) is 6.42 Å². The van der Waals surface area contributed by atoms with Crippen molar-refractivity contribution >= 4 is 10.8 Å². The van der Waals surface area contributed by atoms with E-state index >= 15 is 0 Å². The fourth-order valence-corrected chi connectivity index (χ4v) is 7.82. The first-order valence-electron chi connectivity index (χ1n) is 7.98. The number of hydrogen-bond acceptors (Lipinski definition) is 4. The molecule has 0 bridgehead atoms. The third-order valence-corrected chi connectivity index (χ3v) is 8.44. The van der Waals surface area contributed by atoms with Gasteiger partial charge in [0.05, 0.1) is 0 Å². The lowest BCUT2D eigenvalue weighted by Gasteiger charge is -2.64. The van der Waals surface area contributed by atoms with Crippen LogP contribution in [0.2, 0.25) is 0 Å². The molecule has 0 aromatic rings. The van der Waals surface area contributed by atoms with Crippen molar-refractivity contribution in [3.63, 3.8) is 0 Å². The average molecular weight is 305 g/mol. The molecule has 0 aliphatic carbocycles. The molecule has 4 nitrogen and oxygen atoms in total. The standard InChI is InChI=1S/C15H36N4S/c1-14(2)18-12-10-9-11-13-19(15(3)4)20(18,16(5)6)17(7)8/h14-15H,9-13H2,1-8H3. The zero-order valence-electron chi connectivity index (χ0n) is 14.9. The second kappa shape index (κ2) is 7.45. The Labute approximate surface area is 128 Å². The minimum absolute atomic E-state index is 0.564. The number of hydrogen-bond donors (Lipinski definition) is 0. The summed E-state index contributed by atoms with van der Waals surface area (Å²) >= 11 is 0. The van der Waals surface area contributed by atoms with E-state index in [0.29, 0.717) is 12.1 Å². The first-order chi connectivity index (χ1) is 9.26. The third-order valence-electron chi connectivity index (χ3n) is 4.02. The summed E-state index contributed by atoms with van der Waals surface area (Å²) in [6.45, 7) is 11.8. The van der Waals surface area contributed by atoms with E-state index in [-0.39, 0.29) is 0 Å². The minimum atomic E-state index is -1.24. The van der Waals surface area contributed by atoms with Crippen LogP contribution in [0.5, 0.6) is 0 Å². The van der Waals surface area contributed by atoms with Gasteiger partial charge < -0.3 is 0 Å². The van der Waals surface area contributed by atoms with Gasteiger partial charge in [-0.2, -0.15) is 0 Å². The summed E-state index contributed by atoms with van der Waals surface area (Å²) < 4.78 is 10.4. The molecule has 20 heavy (non-hydrogen) atoms. The van der Waals surface area contributed by atoms with Crippen molar-refractivity contribution in [1.29, 1.82) is 0 Å². The smallest absolute Gasteiger partial charge is 0.0164 e. The molecular formula is C15H36N4S. The Bertz CT molecular complexity index is 264. The largest absolute Gasteiger partial charge is 0.239 e. The zero-order chi connectivity index (χ0) is 15.5. The second-order valence-corrected chi connectivity index (χ2v) is 10.0. The summed E-state index contributed by atoms with van der Waals surface area (Å²) in [5.41, 5.74) is 0. The molecule has 5 heteroatoms. The van der Waals surface area contributed by atoms with Crippen LogP contribution in [0.15, 0.2) is 0 Å². The minimum Gasteiger partial charge on any atom is -0.239 e. The molecule has 1 heterocycles. The highest BCUT2D eigenvalue weighted by Crippen LogP contribution is 2.60.